The first-order valence-electron chi connectivity index (χ1n) is 13.9. The smallest absolute Gasteiger partial charge is 0.382 e. The summed E-state index contributed by atoms with van der Waals surface area (Å²) in [5.41, 5.74) is 10.1. The molecule has 4 saturated heterocycles. The first-order valence-corrected chi connectivity index (χ1v) is 18.1. The summed E-state index contributed by atoms with van der Waals surface area (Å²) >= 11 is 4.24. The van der Waals surface area contributed by atoms with Gasteiger partial charge < -0.3 is 30.6 Å². The summed E-state index contributed by atoms with van der Waals surface area (Å²) < 4.78 is 71.6. The number of H-pyrrole nitrogens is 1. The molecule has 24 heteroatoms. The lowest BCUT2D eigenvalue weighted by atomic mass is 9.99. The highest BCUT2D eigenvalue weighted by molar-refractivity contribution is 8.44. The second-order valence-electron chi connectivity index (χ2n) is 11.2. The van der Waals surface area contributed by atoms with Crippen molar-refractivity contribution in [3.05, 3.63) is 42.0 Å². The highest BCUT2D eigenvalue weighted by atomic mass is 32.7. The zero-order chi connectivity index (χ0) is 32.9. The van der Waals surface area contributed by atoms with E-state index in [0.29, 0.717) is 11.2 Å². The van der Waals surface area contributed by atoms with Crippen molar-refractivity contribution in [1.29, 1.82) is 0 Å². The van der Waals surface area contributed by atoms with Gasteiger partial charge in [0, 0.05) is 5.92 Å². The Bertz CT molecular complexity index is 2080. The van der Waals surface area contributed by atoms with E-state index < -0.39 is 81.8 Å². The number of rotatable bonds is 3. The van der Waals surface area contributed by atoms with Crippen LogP contribution in [0, 0.1) is 5.92 Å². The van der Waals surface area contributed by atoms with Crippen LogP contribution < -0.4 is 17.0 Å². The van der Waals surface area contributed by atoms with Gasteiger partial charge >= 0.3 is 14.6 Å². The van der Waals surface area contributed by atoms with Gasteiger partial charge in [-0.05, 0) is 0 Å². The van der Waals surface area contributed by atoms with Gasteiger partial charge in [0.2, 0.25) is 5.95 Å². The van der Waals surface area contributed by atoms with Crippen molar-refractivity contribution >= 4 is 61.0 Å². The fraction of sp³-hybridized carbons (Fsp3) is 0.478. The second kappa shape index (κ2) is 10.9. The SMILES string of the molecule is C=C[C@H]1[C@H]2OP(=O)(S)OC[C@@]34CO[C@@H]([C@H](n5cnc6c(N)ncnc65)O3)[C@@H]4OP(=O)(O)OC[C@H]1O[C@H]2n1cnc2c(=O)[nH]c(N)nc21. The van der Waals surface area contributed by atoms with Crippen molar-refractivity contribution in [2.24, 2.45) is 5.92 Å². The number of nitrogens with zero attached hydrogens (tertiary/aromatic N) is 7. The standard InChI is InChI=1S/C23H26N10O11P2S/c1-2-9-10-3-39-45(35,36)44-15-14-21(32-7-28-11-16(24)26-6-27-17(11)32)42-23(15,4-38-14)5-40-46(37,47)43-13(9)20(41-10)33-8-29-12-18(33)30-22(25)31-19(12)34/h2,6-10,13-15,20-21H,1,3-5H2,(H,35,36)(H,37,47)(H2,24,26,27)(H3,25,30,31,34)/t9-,10-,13-,14-,15+,20-,21-,23-,46?/m1/s1. The van der Waals surface area contributed by atoms with Crippen molar-refractivity contribution in [2.75, 3.05) is 31.3 Å². The minimum absolute atomic E-state index is 0.0294. The number of thiol groups is 1. The van der Waals surface area contributed by atoms with Crippen LogP contribution in [0.25, 0.3) is 22.3 Å². The number of ether oxygens (including phenoxy) is 3. The van der Waals surface area contributed by atoms with Crippen LogP contribution >= 0.6 is 26.9 Å². The number of anilines is 2. The second-order valence-corrected chi connectivity index (χ2v) is 15.5. The fourth-order valence-corrected chi connectivity index (χ4v) is 8.80. The quantitative estimate of drug-likeness (QED) is 0.109. The number of hydrogen-bond acceptors (Lipinski definition) is 17. The number of fused-ring (bicyclic) bond motifs is 4. The molecule has 250 valence electrons. The van der Waals surface area contributed by atoms with E-state index in [0.717, 1.165) is 0 Å². The third-order valence-corrected chi connectivity index (χ3v) is 11.0. The van der Waals surface area contributed by atoms with Crippen LogP contribution in [0.4, 0.5) is 11.8 Å². The summed E-state index contributed by atoms with van der Waals surface area (Å²) in [7, 11) is -4.88. The fourth-order valence-electron chi connectivity index (χ4n) is 6.31. The first kappa shape index (κ1) is 31.0. The molecule has 4 bridgehead atoms. The van der Waals surface area contributed by atoms with Crippen LogP contribution in [0.2, 0.25) is 0 Å². The zero-order valence-electron chi connectivity index (χ0n) is 23.8. The van der Waals surface area contributed by atoms with Crippen LogP contribution in [0.15, 0.2) is 36.4 Å². The molecule has 4 aromatic rings. The van der Waals surface area contributed by atoms with Gasteiger partial charge in [0.15, 0.2) is 35.1 Å². The highest BCUT2D eigenvalue weighted by Crippen LogP contribution is 2.61. The van der Waals surface area contributed by atoms with E-state index in [1.54, 1.807) is 0 Å². The molecule has 2 unspecified atom stereocenters. The number of aromatic nitrogens is 8. The molecule has 4 aliphatic rings. The van der Waals surface area contributed by atoms with Crippen LogP contribution in [-0.4, -0.2) is 93.8 Å². The van der Waals surface area contributed by atoms with Crippen LogP contribution in [0.1, 0.15) is 12.5 Å². The first-order chi connectivity index (χ1) is 22.4. The van der Waals surface area contributed by atoms with E-state index >= 15 is 0 Å². The maximum Gasteiger partial charge on any atom is 0.472 e. The number of hydrogen-bond donors (Lipinski definition) is 5. The molecule has 0 radical (unpaired) electrons. The van der Waals surface area contributed by atoms with E-state index in [2.05, 4.69) is 48.7 Å². The summed E-state index contributed by atoms with van der Waals surface area (Å²) in [6.07, 6.45) is -1.32. The molecule has 47 heavy (non-hydrogen) atoms. The average molecular weight is 713 g/mol. The molecule has 0 spiro atoms. The Kier molecular flexibility index (Phi) is 7.18. The number of nitrogen functional groups attached to an aromatic ring is 2. The van der Waals surface area contributed by atoms with E-state index in [4.69, 9.17) is 43.8 Å². The van der Waals surface area contributed by atoms with Crippen LogP contribution in [0.5, 0.6) is 0 Å². The minimum Gasteiger partial charge on any atom is -0.382 e. The van der Waals surface area contributed by atoms with Crippen molar-refractivity contribution in [2.45, 2.75) is 42.5 Å². The van der Waals surface area contributed by atoms with Gasteiger partial charge in [0.25, 0.3) is 5.56 Å². The maximum absolute atomic E-state index is 13.9. The van der Waals surface area contributed by atoms with Gasteiger partial charge in [-0.25, -0.2) is 29.1 Å². The van der Waals surface area contributed by atoms with Crippen molar-refractivity contribution in [3.8, 4) is 0 Å². The van der Waals surface area contributed by atoms with Gasteiger partial charge in [0.1, 0.15) is 35.8 Å². The largest absolute Gasteiger partial charge is 0.472 e. The van der Waals surface area contributed by atoms with Gasteiger partial charge in [0.05, 0.1) is 38.6 Å². The number of imidazole rings is 2. The van der Waals surface area contributed by atoms with Crippen molar-refractivity contribution in [3.63, 3.8) is 0 Å². The predicted molar refractivity (Wildman–Crippen MR) is 161 cm³/mol. The Morgan fingerprint density at radius 1 is 1.04 bits per heavy atom. The minimum atomic E-state index is -4.88. The molecule has 4 fully saturated rings. The molecule has 8 heterocycles. The van der Waals surface area contributed by atoms with Crippen molar-refractivity contribution in [1.82, 2.24) is 39.0 Å². The Morgan fingerprint density at radius 2 is 1.81 bits per heavy atom. The topological polar surface area (TPSA) is 278 Å². The van der Waals surface area contributed by atoms with E-state index in [-0.39, 0.29) is 29.5 Å². The molecule has 6 N–H and O–H groups in total. The van der Waals surface area contributed by atoms with Crippen LogP contribution in [0.3, 0.4) is 0 Å². The number of nitrogens with one attached hydrogen (secondary N) is 1. The van der Waals surface area contributed by atoms with E-state index in [1.165, 1.54) is 34.2 Å². The van der Waals surface area contributed by atoms with E-state index in [9.17, 15) is 18.8 Å². The molecule has 8 rings (SSSR count). The summed E-state index contributed by atoms with van der Waals surface area (Å²) in [5.74, 6) is -0.880. The van der Waals surface area contributed by atoms with Crippen LogP contribution in [-0.2, 0) is 41.4 Å². The van der Waals surface area contributed by atoms with Gasteiger partial charge in [-0.15, -0.1) is 6.58 Å². The molecule has 0 saturated carbocycles. The Morgan fingerprint density at radius 3 is 2.60 bits per heavy atom. The Hall–Kier alpha value is -3.27. The Labute approximate surface area is 267 Å². The lowest BCUT2D eigenvalue weighted by molar-refractivity contribution is -0.183. The highest BCUT2D eigenvalue weighted by Gasteiger charge is 2.66. The van der Waals surface area contributed by atoms with Gasteiger partial charge in [-0.3, -0.25) is 37.0 Å². The predicted octanol–water partition coefficient (Wildman–Crippen LogP) is 0.445. The molecule has 21 nitrogen and oxygen atoms in total. The summed E-state index contributed by atoms with van der Waals surface area (Å²) in [6.45, 7) is -1.72. The normalized spacial score (nSPS) is 39.0. The van der Waals surface area contributed by atoms with E-state index in [1.807, 2.05) is 0 Å². The lowest BCUT2D eigenvalue weighted by Crippen LogP contribution is -2.45. The number of aromatic amines is 1. The lowest BCUT2D eigenvalue weighted by Gasteiger charge is -2.32. The zero-order valence-corrected chi connectivity index (χ0v) is 26.5. The average Bonchev–Trinajstić information content (AvgIpc) is 3.82. The maximum atomic E-state index is 13.9. The number of phosphoric ester groups is 1. The number of nitrogens with two attached hydrogens (primary N) is 2. The number of phosphoric acid groups is 1. The van der Waals surface area contributed by atoms with Gasteiger partial charge in [-0.2, -0.15) is 4.98 Å². The Balaban J connectivity index is 1.15. The molecule has 0 aliphatic carbocycles. The summed E-state index contributed by atoms with van der Waals surface area (Å²) in [5, 5.41) is 0. The molecule has 0 amide bonds. The third kappa shape index (κ3) is 5.03. The summed E-state index contributed by atoms with van der Waals surface area (Å²) in [6, 6.07) is 0. The molecular weight excluding hydrogens is 686 g/mol. The third-order valence-electron chi connectivity index (χ3n) is 8.41. The molecule has 4 aliphatic heterocycles. The van der Waals surface area contributed by atoms with Gasteiger partial charge in [-0.1, -0.05) is 18.3 Å². The molecule has 4 aromatic heterocycles. The molecule has 0 aromatic carbocycles. The van der Waals surface area contributed by atoms with Crippen molar-refractivity contribution < 1.29 is 46.3 Å². The summed E-state index contributed by atoms with van der Waals surface area (Å²) in [4.78, 5) is 46.4. The monoisotopic (exact) mass is 712 g/mol. The molecule has 10 atom stereocenters. The molecular formula is C23H26N10O11P2S.